The number of rotatable bonds is 3. The molecule has 4 heteroatoms. The maximum absolute atomic E-state index is 5.44. The van der Waals surface area contributed by atoms with Crippen molar-refractivity contribution in [1.29, 1.82) is 0 Å². The van der Waals surface area contributed by atoms with Gasteiger partial charge in [-0.1, -0.05) is 28.9 Å². The normalized spacial score (nSPS) is 11.6. The first-order valence-corrected chi connectivity index (χ1v) is 5.76. The molecule has 0 spiro atoms. The minimum Gasteiger partial charge on any atom is -0.308 e. The Bertz CT molecular complexity index is 361. The van der Waals surface area contributed by atoms with Crippen molar-refractivity contribution in [3.05, 3.63) is 33.8 Å². The van der Waals surface area contributed by atoms with Crippen molar-refractivity contribution in [2.75, 3.05) is 6.54 Å². The van der Waals surface area contributed by atoms with Crippen molar-refractivity contribution >= 4 is 21.8 Å². The Kier molecular flexibility index (Phi) is 4.78. The van der Waals surface area contributed by atoms with Crippen LogP contribution in [0.25, 0.3) is 0 Å². The quantitative estimate of drug-likeness (QED) is 0.383. The molecule has 0 unspecified atom stereocenters. The standard InChI is InChI=1S/C11H16BrN3/c1-3-6-14-11(15-13)9-4-5-10(12)8(2)7-9/h4-5,7H,3,6,13H2,1-2H3,(H,14,15). The van der Waals surface area contributed by atoms with E-state index in [0.717, 1.165) is 28.8 Å². The molecule has 15 heavy (non-hydrogen) atoms. The molecule has 0 aromatic heterocycles. The molecule has 0 saturated heterocycles. The second-order valence-corrected chi connectivity index (χ2v) is 4.19. The van der Waals surface area contributed by atoms with E-state index in [1.165, 1.54) is 5.56 Å². The van der Waals surface area contributed by atoms with Crippen molar-refractivity contribution in [3.63, 3.8) is 0 Å². The zero-order valence-corrected chi connectivity index (χ0v) is 10.6. The molecular formula is C11H16BrN3. The number of halogens is 1. The smallest absolute Gasteiger partial charge is 0.142 e. The number of nitrogens with two attached hydrogens (primary N) is 1. The van der Waals surface area contributed by atoms with Gasteiger partial charge in [0.1, 0.15) is 5.84 Å². The van der Waals surface area contributed by atoms with E-state index in [9.17, 15) is 0 Å². The van der Waals surface area contributed by atoms with Gasteiger partial charge in [-0.3, -0.25) is 4.99 Å². The highest BCUT2D eigenvalue weighted by Crippen LogP contribution is 2.17. The molecule has 0 atom stereocenters. The van der Waals surface area contributed by atoms with Crippen LogP contribution in [0.5, 0.6) is 0 Å². The summed E-state index contributed by atoms with van der Waals surface area (Å²) in [4.78, 5) is 4.37. The third kappa shape index (κ3) is 3.32. The predicted molar refractivity (Wildman–Crippen MR) is 67.9 cm³/mol. The molecule has 3 nitrogen and oxygen atoms in total. The van der Waals surface area contributed by atoms with E-state index < -0.39 is 0 Å². The Labute approximate surface area is 98.9 Å². The van der Waals surface area contributed by atoms with Gasteiger partial charge in [0, 0.05) is 16.6 Å². The molecule has 1 aromatic rings. The van der Waals surface area contributed by atoms with Gasteiger partial charge in [-0.25, -0.2) is 5.84 Å². The predicted octanol–water partition coefficient (Wildman–Crippen LogP) is 2.38. The lowest BCUT2D eigenvalue weighted by Crippen LogP contribution is -2.31. The van der Waals surface area contributed by atoms with Crippen molar-refractivity contribution in [2.24, 2.45) is 10.8 Å². The second kappa shape index (κ2) is 5.88. The molecule has 0 aliphatic carbocycles. The number of aliphatic imine (C=N–C) groups is 1. The highest BCUT2D eigenvalue weighted by Gasteiger charge is 2.02. The molecule has 0 fully saturated rings. The van der Waals surface area contributed by atoms with Crippen LogP contribution in [0.1, 0.15) is 24.5 Å². The summed E-state index contributed by atoms with van der Waals surface area (Å²) in [5.74, 6) is 6.18. The van der Waals surface area contributed by atoms with E-state index in [1.807, 2.05) is 19.1 Å². The number of nitrogens with zero attached hydrogens (tertiary/aromatic N) is 1. The number of hydrogen-bond donors (Lipinski definition) is 2. The SMILES string of the molecule is CCCN=C(NN)c1ccc(Br)c(C)c1. The van der Waals surface area contributed by atoms with Crippen LogP contribution < -0.4 is 11.3 Å². The number of amidine groups is 1. The fraction of sp³-hybridized carbons (Fsp3) is 0.364. The summed E-state index contributed by atoms with van der Waals surface area (Å²) in [6.07, 6.45) is 1.01. The molecule has 1 rings (SSSR count). The highest BCUT2D eigenvalue weighted by atomic mass is 79.9. The Balaban J connectivity index is 2.97. The fourth-order valence-electron chi connectivity index (χ4n) is 1.24. The van der Waals surface area contributed by atoms with Gasteiger partial charge in [0.15, 0.2) is 0 Å². The molecular weight excluding hydrogens is 254 g/mol. The maximum atomic E-state index is 5.44. The topological polar surface area (TPSA) is 50.4 Å². The summed E-state index contributed by atoms with van der Waals surface area (Å²) >= 11 is 3.46. The third-order valence-electron chi connectivity index (χ3n) is 2.06. The van der Waals surface area contributed by atoms with E-state index in [0.29, 0.717) is 0 Å². The van der Waals surface area contributed by atoms with Gasteiger partial charge in [0.25, 0.3) is 0 Å². The number of hydrogen-bond acceptors (Lipinski definition) is 2. The largest absolute Gasteiger partial charge is 0.308 e. The summed E-state index contributed by atoms with van der Waals surface area (Å²) in [6, 6.07) is 6.05. The van der Waals surface area contributed by atoms with Crippen LogP contribution >= 0.6 is 15.9 Å². The summed E-state index contributed by atoms with van der Waals surface area (Å²) in [6.45, 7) is 4.92. The molecule has 82 valence electrons. The van der Waals surface area contributed by atoms with Gasteiger partial charge in [-0.05, 0) is 31.0 Å². The summed E-state index contributed by atoms with van der Waals surface area (Å²) in [5.41, 5.74) is 4.83. The number of benzene rings is 1. The van der Waals surface area contributed by atoms with E-state index in [-0.39, 0.29) is 0 Å². The Morgan fingerprint density at radius 2 is 2.27 bits per heavy atom. The maximum Gasteiger partial charge on any atom is 0.142 e. The minimum absolute atomic E-state index is 0.743. The lowest BCUT2D eigenvalue weighted by molar-refractivity contribution is 0.907. The molecule has 0 bridgehead atoms. The van der Waals surface area contributed by atoms with Crippen LogP contribution in [0, 0.1) is 6.92 Å². The van der Waals surface area contributed by atoms with Crippen LogP contribution in [-0.4, -0.2) is 12.4 Å². The highest BCUT2D eigenvalue weighted by molar-refractivity contribution is 9.10. The van der Waals surface area contributed by atoms with E-state index in [1.54, 1.807) is 0 Å². The van der Waals surface area contributed by atoms with Crippen LogP contribution in [-0.2, 0) is 0 Å². The molecule has 1 aromatic carbocycles. The monoisotopic (exact) mass is 269 g/mol. The first-order chi connectivity index (χ1) is 7.19. The van der Waals surface area contributed by atoms with E-state index >= 15 is 0 Å². The Morgan fingerprint density at radius 3 is 2.80 bits per heavy atom. The number of nitrogens with one attached hydrogen (secondary N) is 1. The van der Waals surface area contributed by atoms with Gasteiger partial charge in [0.2, 0.25) is 0 Å². The first kappa shape index (κ1) is 12.2. The van der Waals surface area contributed by atoms with Gasteiger partial charge in [0.05, 0.1) is 0 Å². The van der Waals surface area contributed by atoms with Crippen LogP contribution in [0.2, 0.25) is 0 Å². The van der Waals surface area contributed by atoms with Gasteiger partial charge in [-0.2, -0.15) is 0 Å². The van der Waals surface area contributed by atoms with Crippen molar-refractivity contribution < 1.29 is 0 Å². The minimum atomic E-state index is 0.743. The van der Waals surface area contributed by atoms with Crippen LogP contribution in [0.4, 0.5) is 0 Å². The third-order valence-corrected chi connectivity index (χ3v) is 2.95. The number of aryl methyl sites for hydroxylation is 1. The Morgan fingerprint density at radius 1 is 1.53 bits per heavy atom. The summed E-state index contributed by atoms with van der Waals surface area (Å²) in [7, 11) is 0. The van der Waals surface area contributed by atoms with Gasteiger partial charge < -0.3 is 5.43 Å². The van der Waals surface area contributed by atoms with E-state index in [2.05, 4.69) is 39.3 Å². The molecule has 0 aliphatic heterocycles. The van der Waals surface area contributed by atoms with Crippen molar-refractivity contribution in [1.82, 2.24) is 5.43 Å². The zero-order chi connectivity index (χ0) is 11.3. The molecule has 0 amide bonds. The average Bonchev–Trinajstić information content (AvgIpc) is 2.24. The van der Waals surface area contributed by atoms with Gasteiger partial charge >= 0.3 is 0 Å². The Hall–Kier alpha value is -0.870. The second-order valence-electron chi connectivity index (χ2n) is 3.34. The van der Waals surface area contributed by atoms with Crippen molar-refractivity contribution in [3.8, 4) is 0 Å². The van der Waals surface area contributed by atoms with Crippen LogP contribution in [0.15, 0.2) is 27.7 Å². The fourth-order valence-corrected chi connectivity index (χ4v) is 1.48. The average molecular weight is 270 g/mol. The lowest BCUT2D eigenvalue weighted by Gasteiger charge is -2.07. The van der Waals surface area contributed by atoms with Crippen molar-refractivity contribution in [2.45, 2.75) is 20.3 Å². The molecule has 0 aliphatic rings. The molecule has 0 heterocycles. The lowest BCUT2D eigenvalue weighted by atomic mass is 10.1. The van der Waals surface area contributed by atoms with Crippen LogP contribution in [0.3, 0.4) is 0 Å². The summed E-state index contributed by atoms with van der Waals surface area (Å²) in [5, 5.41) is 0. The molecule has 0 radical (unpaired) electrons. The number of hydrazine groups is 1. The van der Waals surface area contributed by atoms with E-state index in [4.69, 9.17) is 5.84 Å². The molecule has 0 saturated carbocycles. The summed E-state index contributed by atoms with van der Waals surface area (Å²) < 4.78 is 1.10. The molecule has 3 N–H and O–H groups in total. The first-order valence-electron chi connectivity index (χ1n) is 4.96. The van der Waals surface area contributed by atoms with Gasteiger partial charge in [-0.15, -0.1) is 0 Å². The zero-order valence-electron chi connectivity index (χ0n) is 9.05.